The van der Waals surface area contributed by atoms with E-state index in [4.69, 9.17) is 15.3 Å². The number of ether oxygens (including phenoxy) is 1. The van der Waals surface area contributed by atoms with Crippen LogP contribution in [0.3, 0.4) is 0 Å². The number of hydrogen-bond acceptors (Lipinski definition) is 4. The van der Waals surface area contributed by atoms with Crippen LogP contribution in [0.25, 0.3) is 6.08 Å². The van der Waals surface area contributed by atoms with Crippen molar-refractivity contribution >= 4 is 12.0 Å². The summed E-state index contributed by atoms with van der Waals surface area (Å²) in [6.45, 7) is 1.90. The minimum Gasteiger partial charge on any atom is -0.423 e. The van der Waals surface area contributed by atoms with Gasteiger partial charge in [0.15, 0.2) is 0 Å². The Morgan fingerprint density at radius 3 is 2.36 bits per heavy atom. The lowest BCUT2D eigenvalue weighted by Gasteiger charge is -2.05. The Kier molecular flexibility index (Phi) is 4.70. The van der Waals surface area contributed by atoms with Crippen LogP contribution < -0.4 is 4.74 Å². The molecule has 4 heteroatoms. The van der Waals surface area contributed by atoms with Crippen molar-refractivity contribution in [1.29, 1.82) is 10.5 Å². The van der Waals surface area contributed by atoms with Crippen molar-refractivity contribution in [1.82, 2.24) is 0 Å². The summed E-state index contributed by atoms with van der Waals surface area (Å²) in [4.78, 5) is 12.0. The summed E-state index contributed by atoms with van der Waals surface area (Å²) in [6.07, 6.45) is 1.46. The van der Waals surface area contributed by atoms with Gasteiger partial charge in [-0.3, -0.25) is 0 Å². The van der Waals surface area contributed by atoms with E-state index in [1.807, 2.05) is 13.0 Å². The van der Waals surface area contributed by atoms with Gasteiger partial charge in [-0.05, 0) is 42.8 Å². The number of carbonyl (C=O) groups excluding carboxylic acids is 1. The van der Waals surface area contributed by atoms with Crippen LogP contribution in [0.2, 0.25) is 0 Å². The zero-order valence-electron chi connectivity index (χ0n) is 11.9. The fourth-order valence-corrected chi connectivity index (χ4v) is 1.83. The predicted molar refractivity (Wildman–Crippen MR) is 81.8 cm³/mol. The van der Waals surface area contributed by atoms with Crippen molar-refractivity contribution in [3.8, 4) is 17.9 Å². The normalized spacial score (nSPS) is 9.23. The molecule has 0 aromatic heterocycles. The summed E-state index contributed by atoms with van der Waals surface area (Å²) in [5.41, 5.74) is 2.17. The van der Waals surface area contributed by atoms with E-state index in [1.54, 1.807) is 54.6 Å². The number of nitrogens with zero attached hydrogens (tertiary/aromatic N) is 2. The molecule has 0 amide bonds. The van der Waals surface area contributed by atoms with Gasteiger partial charge in [-0.25, -0.2) is 4.79 Å². The van der Waals surface area contributed by atoms with Gasteiger partial charge < -0.3 is 4.74 Å². The maximum atomic E-state index is 12.0. The molecule has 0 fully saturated rings. The summed E-state index contributed by atoms with van der Waals surface area (Å²) in [6, 6.07) is 17.3. The van der Waals surface area contributed by atoms with Crippen molar-refractivity contribution in [3.05, 3.63) is 70.8 Å². The number of aryl methyl sites for hydroxylation is 1. The summed E-state index contributed by atoms with van der Waals surface area (Å²) < 4.78 is 5.28. The highest BCUT2D eigenvalue weighted by atomic mass is 16.5. The predicted octanol–water partition coefficient (Wildman–Crippen LogP) is 3.64. The molecule has 22 heavy (non-hydrogen) atoms. The van der Waals surface area contributed by atoms with Crippen molar-refractivity contribution in [2.45, 2.75) is 6.92 Å². The first-order valence-corrected chi connectivity index (χ1v) is 6.53. The highest BCUT2D eigenvalue weighted by Crippen LogP contribution is 2.16. The Hall–Kier alpha value is -3.37. The second kappa shape index (κ2) is 6.88. The summed E-state index contributed by atoms with van der Waals surface area (Å²) in [5.74, 6) is -0.0270. The second-order valence-electron chi connectivity index (χ2n) is 4.61. The van der Waals surface area contributed by atoms with E-state index in [2.05, 4.69) is 0 Å². The molecule has 0 aliphatic carbocycles. The van der Waals surface area contributed by atoms with Crippen molar-refractivity contribution in [2.75, 3.05) is 0 Å². The third-order valence-corrected chi connectivity index (χ3v) is 2.90. The largest absolute Gasteiger partial charge is 0.423 e. The lowest BCUT2D eigenvalue weighted by Crippen LogP contribution is -2.08. The first-order valence-electron chi connectivity index (χ1n) is 6.53. The molecular weight excluding hydrogens is 276 g/mol. The van der Waals surface area contributed by atoms with Crippen molar-refractivity contribution < 1.29 is 9.53 Å². The fourth-order valence-electron chi connectivity index (χ4n) is 1.83. The summed E-state index contributed by atoms with van der Waals surface area (Å²) >= 11 is 0. The molecule has 4 nitrogen and oxygen atoms in total. The summed E-state index contributed by atoms with van der Waals surface area (Å²) in [7, 11) is 0. The second-order valence-corrected chi connectivity index (χ2v) is 4.61. The van der Waals surface area contributed by atoms with E-state index in [0.29, 0.717) is 16.9 Å². The lowest BCUT2D eigenvalue weighted by atomic mass is 10.1. The Balaban J connectivity index is 2.12. The molecule has 2 aromatic rings. The van der Waals surface area contributed by atoms with E-state index in [1.165, 1.54) is 6.08 Å². The first kappa shape index (κ1) is 15.0. The van der Waals surface area contributed by atoms with Gasteiger partial charge in [0.25, 0.3) is 0 Å². The number of rotatable bonds is 3. The third kappa shape index (κ3) is 3.82. The van der Waals surface area contributed by atoms with Gasteiger partial charge in [0, 0.05) is 0 Å². The SMILES string of the molecule is Cc1cccc(C(=O)Oc2ccc(C=C(C#N)C#N)cc2)c1. The number of carbonyl (C=O) groups is 1. The maximum Gasteiger partial charge on any atom is 0.343 e. The van der Waals surface area contributed by atoms with Crippen LogP contribution >= 0.6 is 0 Å². The number of hydrogen-bond donors (Lipinski definition) is 0. The lowest BCUT2D eigenvalue weighted by molar-refractivity contribution is 0.0734. The molecule has 2 aromatic carbocycles. The van der Waals surface area contributed by atoms with Crippen LogP contribution in [0, 0.1) is 29.6 Å². The zero-order valence-corrected chi connectivity index (χ0v) is 11.9. The molecule has 0 atom stereocenters. The molecule has 0 radical (unpaired) electrons. The van der Waals surface area contributed by atoms with E-state index < -0.39 is 5.97 Å². The molecule has 0 saturated heterocycles. The average Bonchev–Trinajstić information content (AvgIpc) is 2.54. The number of esters is 1. The van der Waals surface area contributed by atoms with E-state index >= 15 is 0 Å². The van der Waals surface area contributed by atoms with Gasteiger partial charge in [-0.15, -0.1) is 0 Å². The monoisotopic (exact) mass is 288 g/mol. The van der Waals surface area contributed by atoms with Crippen LogP contribution in [0.1, 0.15) is 21.5 Å². The molecule has 0 aliphatic rings. The Morgan fingerprint density at radius 2 is 1.77 bits per heavy atom. The maximum absolute atomic E-state index is 12.0. The van der Waals surface area contributed by atoms with Gasteiger partial charge in [-0.2, -0.15) is 10.5 Å². The van der Waals surface area contributed by atoms with E-state index in [9.17, 15) is 4.79 Å². The number of nitriles is 2. The highest BCUT2D eigenvalue weighted by molar-refractivity contribution is 5.91. The van der Waals surface area contributed by atoms with E-state index in [0.717, 1.165) is 5.56 Å². The molecule has 0 bridgehead atoms. The molecule has 0 spiro atoms. The molecule has 0 N–H and O–H groups in total. The Morgan fingerprint density at radius 1 is 1.09 bits per heavy atom. The van der Waals surface area contributed by atoms with Gasteiger partial charge in [0.2, 0.25) is 0 Å². The molecule has 0 aliphatic heterocycles. The Bertz CT molecular complexity index is 790. The average molecular weight is 288 g/mol. The zero-order chi connectivity index (χ0) is 15.9. The molecule has 2 rings (SSSR count). The van der Waals surface area contributed by atoms with Crippen LogP contribution in [0.5, 0.6) is 5.75 Å². The topological polar surface area (TPSA) is 73.9 Å². The molecule has 0 saturated carbocycles. The van der Waals surface area contributed by atoms with Gasteiger partial charge in [0.1, 0.15) is 23.5 Å². The smallest absolute Gasteiger partial charge is 0.343 e. The minimum atomic E-state index is -0.429. The molecule has 106 valence electrons. The Labute approximate surface area is 128 Å². The third-order valence-electron chi connectivity index (χ3n) is 2.90. The van der Waals surface area contributed by atoms with Gasteiger partial charge in [-0.1, -0.05) is 29.8 Å². The number of allylic oxidation sites excluding steroid dienone is 1. The van der Waals surface area contributed by atoms with Crippen LogP contribution in [-0.2, 0) is 0 Å². The van der Waals surface area contributed by atoms with Crippen molar-refractivity contribution in [3.63, 3.8) is 0 Å². The minimum absolute atomic E-state index is 0.0181. The van der Waals surface area contributed by atoms with Crippen molar-refractivity contribution in [2.24, 2.45) is 0 Å². The van der Waals surface area contributed by atoms with E-state index in [-0.39, 0.29) is 5.57 Å². The van der Waals surface area contributed by atoms with Crippen LogP contribution in [0.15, 0.2) is 54.1 Å². The van der Waals surface area contributed by atoms with Gasteiger partial charge in [0.05, 0.1) is 5.56 Å². The van der Waals surface area contributed by atoms with Gasteiger partial charge >= 0.3 is 5.97 Å². The summed E-state index contributed by atoms with van der Waals surface area (Å²) in [5, 5.41) is 17.4. The first-order chi connectivity index (χ1) is 10.6. The standard InChI is InChI=1S/C18H12N2O2/c1-13-3-2-4-16(9-13)18(21)22-17-7-5-14(6-8-17)10-15(11-19)12-20/h2-10H,1H3. The fraction of sp³-hybridized carbons (Fsp3) is 0.0556. The van der Waals surface area contributed by atoms with Crippen LogP contribution in [0.4, 0.5) is 0 Å². The highest BCUT2D eigenvalue weighted by Gasteiger charge is 2.08. The quantitative estimate of drug-likeness (QED) is 0.491. The molecular formula is C18H12N2O2. The molecule has 0 unspecified atom stereocenters. The molecule has 0 heterocycles. The number of benzene rings is 2. The van der Waals surface area contributed by atoms with Crippen LogP contribution in [-0.4, -0.2) is 5.97 Å².